The van der Waals surface area contributed by atoms with E-state index in [9.17, 15) is 8.42 Å². The van der Waals surface area contributed by atoms with Crippen molar-refractivity contribution in [2.24, 2.45) is 0 Å². The maximum absolute atomic E-state index is 12.5. The van der Waals surface area contributed by atoms with E-state index in [1.54, 1.807) is 37.6 Å². The van der Waals surface area contributed by atoms with Crippen molar-refractivity contribution in [2.75, 3.05) is 25.2 Å². The highest BCUT2D eigenvalue weighted by Crippen LogP contribution is 2.24. The van der Waals surface area contributed by atoms with Crippen molar-refractivity contribution in [1.29, 1.82) is 0 Å². The third kappa shape index (κ3) is 4.34. The number of nitrogen functional groups attached to an aromatic ring is 1. The molecule has 0 fully saturated rings. The monoisotopic (exact) mass is 402 g/mol. The second-order valence-electron chi connectivity index (χ2n) is 6.79. The van der Waals surface area contributed by atoms with Crippen molar-refractivity contribution in [3.63, 3.8) is 0 Å². The first-order valence-corrected chi connectivity index (χ1v) is 11.0. The van der Waals surface area contributed by atoms with Crippen LogP contribution >= 0.6 is 0 Å². The largest absolute Gasteiger partial charge is 0.384 e. The van der Waals surface area contributed by atoms with E-state index < -0.39 is 9.84 Å². The molecule has 0 unspecified atom stereocenters. The molecule has 7 nitrogen and oxygen atoms in total. The fraction of sp³-hybridized carbons (Fsp3) is 0.400. The first kappa shape index (κ1) is 20.3. The average Bonchev–Trinajstić information content (AvgIpc) is 3.07. The number of unbranched alkanes of at least 4 members (excludes halogenated alkanes) is 1. The Morgan fingerprint density at radius 2 is 1.93 bits per heavy atom. The molecule has 0 atom stereocenters. The molecular weight excluding hydrogens is 376 g/mol. The van der Waals surface area contributed by atoms with Gasteiger partial charge in [0.05, 0.1) is 22.8 Å². The first-order valence-electron chi connectivity index (χ1n) is 9.31. The molecule has 0 aliphatic rings. The van der Waals surface area contributed by atoms with Gasteiger partial charge >= 0.3 is 0 Å². The molecule has 150 valence electrons. The lowest BCUT2D eigenvalue weighted by atomic mass is 10.2. The fourth-order valence-electron chi connectivity index (χ4n) is 3.30. The minimum Gasteiger partial charge on any atom is -0.384 e. The Morgan fingerprint density at radius 3 is 2.64 bits per heavy atom. The number of nitrogens with two attached hydrogens (primary N) is 1. The number of sulfone groups is 1. The van der Waals surface area contributed by atoms with Crippen molar-refractivity contribution in [2.45, 2.75) is 37.6 Å². The van der Waals surface area contributed by atoms with Gasteiger partial charge in [-0.25, -0.2) is 18.4 Å². The number of benzene rings is 1. The third-order valence-corrected chi connectivity index (χ3v) is 6.55. The lowest BCUT2D eigenvalue weighted by Crippen LogP contribution is -2.10. The smallest absolute Gasteiger partial charge is 0.178 e. The zero-order chi connectivity index (χ0) is 20.1. The molecule has 1 aromatic carbocycles. The van der Waals surface area contributed by atoms with E-state index in [4.69, 9.17) is 10.5 Å². The van der Waals surface area contributed by atoms with Crippen LogP contribution in [0.4, 0.5) is 5.82 Å². The van der Waals surface area contributed by atoms with Crippen LogP contribution in [0.15, 0.2) is 41.4 Å². The van der Waals surface area contributed by atoms with Crippen LogP contribution in [0, 0.1) is 6.92 Å². The Hall–Kier alpha value is -2.45. The van der Waals surface area contributed by atoms with Crippen LogP contribution < -0.4 is 5.73 Å². The van der Waals surface area contributed by atoms with Crippen LogP contribution in [-0.2, 0) is 27.5 Å². The summed E-state index contributed by atoms with van der Waals surface area (Å²) in [5.74, 6) is 1.41. The van der Waals surface area contributed by atoms with E-state index in [0.29, 0.717) is 42.2 Å². The standard InChI is InChI=1S/C20H26N4O3S/c1-15-14-22-20(21)18-19(15)24(17(23-18)10-12-27-2)11-6-7-13-28(25,26)16-8-4-3-5-9-16/h3-5,8-9,14H,6-7,10-13H2,1-2H3,(H2,21,22). The number of imidazole rings is 1. The third-order valence-electron chi connectivity index (χ3n) is 4.74. The summed E-state index contributed by atoms with van der Waals surface area (Å²) in [5, 5.41) is 0. The highest BCUT2D eigenvalue weighted by atomic mass is 32.2. The number of nitrogens with zero attached hydrogens (tertiary/aromatic N) is 3. The number of rotatable bonds is 9. The summed E-state index contributed by atoms with van der Waals surface area (Å²) in [6, 6.07) is 8.58. The number of aryl methyl sites for hydroxylation is 2. The minimum absolute atomic E-state index is 0.125. The van der Waals surface area contributed by atoms with E-state index in [2.05, 4.69) is 14.5 Å². The first-order chi connectivity index (χ1) is 13.4. The van der Waals surface area contributed by atoms with Gasteiger partial charge in [-0.15, -0.1) is 0 Å². The van der Waals surface area contributed by atoms with Gasteiger partial charge in [-0.05, 0) is 37.5 Å². The van der Waals surface area contributed by atoms with Crippen molar-refractivity contribution >= 4 is 26.7 Å². The molecule has 2 heterocycles. The summed E-state index contributed by atoms with van der Waals surface area (Å²) in [6.07, 6.45) is 3.70. The van der Waals surface area contributed by atoms with E-state index >= 15 is 0 Å². The summed E-state index contributed by atoms with van der Waals surface area (Å²) in [5.41, 5.74) is 8.67. The second kappa shape index (κ2) is 8.70. The Kier molecular flexibility index (Phi) is 6.31. The van der Waals surface area contributed by atoms with Gasteiger partial charge in [0.25, 0.3) is 0 Å². The van der Waals surface area contributed by atoms with Crippen molar-refractivity contribution < 1.29 is 13.2 Å². The molecule has 2 aromatic heterocycles. The van der Waals surface area contributed by atoms with Crippen molar-refractivity contribution in [3.8, 4) is 0 Å². The summed E-state index contributed by atoms with van der Waals surface area (Å²) >= 11 is 0. The lowest BCUT2D eigenvalue weighted by molar-refractivity contribution is 0.199. The molecule has 3 rings (SSSR count). The Bertz CT molecular complexity index is 1050. The number of methoxy groups -OCH3 is 1. The molecule has 0 aliphatic carbocycles. The van der Waals surface area contributed by atoms with Gasteiger partial charge in [-0.3, -0.25) is 0 Å². The molecule has 2 N–H and O–H groups in total. The number of fused-ring (bicyclic) bond motifs is 1. The Morgan fingerprint density at radius 1 is 1.18 bits per heavy atom. The molecule has 0 amide bonds. The number of anilines is 1. The van der Waals surface area contributed by atoms with Gasteiger partial charge in [-0.2, -0.15) is 0 Å². The molecular formula is C20H26N4O3S. The highest BCUT2D eigenvalue weighted by Gasteiger charge is 2.17. The van der Waals surface area contributed by atoms with Crippen LogP contribution in [0.1, 0.15) is 24.2 Å². The Balaban J connectivity index is 1.75. The summed E-state index contributed by atoms with van der Waals surface area (Å²) in [7, 11) is -1.60. The number of ether oxygens (including phenoxy) is 1. The van der Waals surface area contributed by atoms with Gasteiger partial charge in [0.1, 0.15) is 11.3 Å². The van der Waals surface area contributed by atoms with Gasteiger partial charge in [0.2, 0.25) is 0 Å². The van der Waals surface area contributed by atoms with Crippen molar-refractivity contribution in [1.82, 2.24) is 14.5 Å². The molecule has 0 saturated carbocycles. The number of hydrogen-bond acceptors (Lipinski definition) is 6. The lowest BCUT2D eigenvalue weighted by Gasteiger charge is -2.11. The van der Waals surface area contributed by atoms with Gasteiger partial charge < -0.3 is 15.0 Å². The minimum atomic E-state index is -3.26. The normalized spacial score (nSPS) is 11.9. The summed E-state index contributed by atoms with van der Waals surface area (Å²) < 4.78 is 32.2. The van der Waals surface area contributed by atoms with E-state index in [0.717, 1.165) is 23.3 Å². The number of pyridine rings is 1. The summed E-state index contributed by atoms with van der Waals surface area (Å²) in [4.78, 5) is 9.23. The second-order valence-corrected chi connectivity index (χ2v) is 8.89. The zero-order valence-electron chi connectivity index (χ0n) is 16.3. The van der Waals surface area contributed by atoms with Crippen LogP contribution in [0.25, 0.3) is 11.0 Å². The van der Waals surface area contributed by atoms with E-state index in [-0.39, 0.29) is 5.75 Å². The molecule has 3 aromatic rings. The van der Waals surface area contributed by atoms with Gasteiger partial charge in [0.15, 0.2) is 15.7 Å². The van der Waals surface area contributed by atoms with E-state index in [1.807, 2.05) is 13.0 Å². The average molecular weight is 403 g/mol. The maximum Gasteiger partial charge on any atom is 0.178 e. The topological polar surface area (TPSA) is 100 Å². The van der Waals surface area contributed by atoms with Crippen LogP contribution in [0.3, 0.4) is 0 Å². The highest BCUT2D eigenvalue weighted by molar-refractivity contribution is 7.91. The molecule has 28 heavy (non-hydrogen) atoms. The number of hydrogen-bond donors (Lipinski definition) is 1. The molecule has 0 bridgehead atoms. The van der Waals surface area contributed by atoms with Gasteiger partial charge in [0, 0.05) is 26.3 Å². The van der Waals surface area contributed by atoms with Crippen LogP contribution in [0.5, 0.6) is 0 Å². The Labute approximate surface area is 165 Å². The maximum atomic E-state index is 12.5. The molecule has 0 aliphatic heterocycles. The summed E-state index contributed by atoms with van der Waals surface area (Å²) in [6.45, 7) is 3.20. The predicted molar refractivity (Wildman–Crippen MR) is 110 cm³/mol. The molecule has 8 heteroatoms. The molecule has 0 spiro atoms. The van der Waals surface area contributed by atoms with E-state index in [1.165, 1.54) is 0 Å². The number of aromatic nitrogens is 3. The SMILES string of the molecule is COCCc1nc2c(N)ncc(C)c2n1CCCCS(=O)(=O)c1ccccc1. The predicted octanol–water partition coefficient (Wildman–Crippen LogP) is 2.76. The van der Waals surface area contributed by atoms with Crippen LogP contribution in [0.2, 0.25) is 0 Å². The van der Waals surface area contributed by atoms with Gasteiger partial charge in [-0.1, -0.05) is 18.2 Å². The van der Waals surface area contributed by atoms with Crippen molar-refractivity contribution in [3.05, 3.63) is 47.9 Å². The quantitative estimate of drug-likeness (QED) is 0.553. The zero-order valence-corrected chi connectivity index (χ0v) is 17.1. The molecule has 0 saturated heterocycles. The van der Waals surface area contributed by atoms with Crippen LogP contribution in [-0.4, -0.2) is 42.4 Å². The molecule has 0 radical (unpaired) electrons. The fourth-order valence-corrected chi connectivity index (χ4v) is 4.69.